The van der Waals surface area contributed by atoms with Gasteiger partial charge in [0.2, 0.25) is 0 Å². The zero-order valence-electron chi connectivity index (χ0n) is 28.1. The SMILES string of the molecule is CCN(C(=O)c1cc(F)ccc1Oc1nncnc1N1CCC2(C1)CN([C@H](CCCN(C)C[C@H](O)COC)C(C)C)C2)C(C)C. The summed E-state index contributed by atoms with van der Waals surface area (Å²) in [6.45, 7) is 16.5. The second-order valence-corrected chi connectivity index (χ2v) is 13.4. The number of benzene rings is 1. The number of aromatic nitrogens is 3. The van der Waals surface area contributed by atoms with Crippen molar-refractivity contribution in [2.24, 2.45) is 11.3 Å². The molecule has 11 nitrogen and oxygen atoms in total. The van der Waals surface area contributed by atoms with Crippen molar-refractivity contribution in [3.63, 3.8) is 0 Å². The maximum absolute atomic E-state index is 14.3. The van der Waals surface area contributed by atoms with Crippen LogP contribution in [0.15, 0.2) is 24.5 Å². The molecule has 0 bridgehead atoms. The molecule has 2 saturated heterocycles. The molecule has 12 heteroatoms. The normalized spacial score (nSPS) is 17.7. The number of likely N-dealkylation sites (tertiary alicyclic amines) is 1. The van der Waals surface area contributed by atoms with E-state index < -0.39 is 11.9 Å². The van der Waals surface area contributed by atoms with Crippen molar-refractivity contribution in [2.75, 3.05) is 71.5 Å². The molecule has 250 valence electrons. The molecule has 1 amide bonds. The molecule has 2 atom stereocenters. The highest BCUT2D eigenvalue weighted by molar-refractivity contribution is 5.97. The fraction of sp³-hybridized carbons (Fsp3) is 0.697. The molecule has 0 radical (unpaired) electrons. The molecular weight excluding hydrogens is 577 g/mol. The first-order chi connectivity index (χ1) is 21.5. The molecule has 2 aromatic rings. The number of aliphatic hydroxyl groups excluding tert-OH is 1. The number of likely N-dealkylation sites (N-methyl/N-ethyl adjacent to an activating group) is 1. The number of carbonyl (C=O) groups is 1. The highest BCUT2D eigenvalue weighted by atomic mass is 19.1. The van der Waals surface area contributed by atoms with Crippen LogP contribution in [0.3, 0.4) is 0 Å². The van der Waals surface area contributed by atoms with Gasteiger partial charge in [0.1, 0.15) is 17.9 Å². The van der Waals surface area contributed by atoms with E-state index >= 15 is 0 Å². The van der Waals surface area contributed by atoms with Gasteiger partial charge in [0.15, 0.2) is 5.82 Å². The largest absolute Gasteiger partial charge is 0.434 e. The Morgan fingerprint density at radius 1 is 1.20 bits per heavy atom. The van der Waals surface area contributed by atoms with Crippen molar-refractivity contribution in [3.05, 3.63) is 35.9 Å². The van der Waals surface area contributed by atoms with Gasteiger partial charge in [-0.3, -0.25) is 9.69 Å². The van der Waals surface area contributed by atoms with Crippen molar-refractivity contribution in [3.8, 4) is 11.6 Å². The Balaban J connectivity index is 1.39. The summed E-state index contributed by atoms with van der Waals surface area (Å²) in [6.07, 6.45) is 4.17. The van der Waals surface area contributed by atoms with E-state index in [0.717, 1.165) is 52.0 Å². The molecule has 0 unspecified atom stereocenters. The fourth-order valence-corrected chi connectivity index (χ4v) is 6.93. The third kappa shape index (κ3) is 8.66. The molecule has 2 aliphatic heterocycles. The van der Waals surface area contributed by atoms with Gasteiger partial charge < -0.3 is 29.3 Å². The molecule has 2 fully saturated rings. The summed E-state index contributed by atoms with van der Waals surface area (Å²) >= 11 is 0. The quantitative estimate of drug-likeness (QED) is 0.294. The van der Waals surface area contributed by atoms with Gasteiger partial charge >= 0.3 is 0 Å². The van der Waals surface area contributed by atoms with Gasteiger partial charge in [-0.05, 0) is 77.7 Å². The van der Waals surface area contributed by atoms with Crippen molar-refractivity contribution in [2.45, 2.75) is 72.1 Å². The van der Waals surface area contributed by atoms with Gasteiger partial charge in [-0.2, -0.15) is 0 Å². The molecule has 1 N–H and O–H groups in total. The topological polar surface area (TPSA) is 107 Å². The second kappa shape index (κ2) is 15.6. The van der Waals surface area contributed by atoms with Crippen LogP contribution < -0.4 is 9.64 Å². The first kappa shape index (κ1) is 34.9. The maximum atomic E-state index is 14.3. The van der Waals surface area contributed by atoms with Crippen molar-refractivity contribution < 1.29 is 23.8 Å². The number of nitrogens with zero attached hydrogens (tertiary/aromatic N) is 7. The number of aliphatic hydroxyl groups is 1. The first-order valence-corrected chi connectivity index (χ1v) is 16.3. The Kier molecular flexibility index (Phi) is 12.1. The smallest absolute Gasteiger partial charge is 0.282 e. The van der Waals surface area contributed by atoms with Crippen LogP contribution in [0.4, 0.5) is 10.2 Å². The van der Waals surface area contributed by atoms with Crippen LogP contribution in [-0.4, -0.2) is 126 Å². The number of anilines is 1. The minimum Gasteiger partial charge on any atom is -0.434 e. The summed E-state index contributed by atoms with van der Waals surface area (Å²) < 4.78 is 25.5. The van der Waals surface area contributed by atoms with E-state index in [1.807, 2.05) is 20.8 Å². The number of amides is 1. The van der Waals surface area contributed by atoms with Gasteiger partial charge in [0.25, 0.3) is 11.8 Å². The predicted molar refractivity (Wildman–Crippen MR) is 172 cm³/mol. The third-order valence-electron chi connectivity index (χ3n) is 9.15. The summed E-state index contributed by atoms with van der Waals surface area (Å²) in [7, 11) is 3.66. The number of hydrogen-bond acceptors (Lipinski definition) is 10. The summed E-state index contributed by atoms with van der Waals surface area (Å²) in [4.78, 5) is 26.5. The molecule has 4 rings (SSSR count). The van der Waals surface area contributed by atoms with Crippen molar-refractivity contribution in [1.29, 1.82) is 0 Å². The molecular formula is C33H52FN7O4. The summed E-state index contributed by atoms with van der Waals surface area (Å²) in [5, 5.41) is 18.2. The lowest BCUT2D eigenvalue weighted by atomic mass is 9.76. The number of carbonyl (C=O) groups excluding carboxylic acids is 1. The van der Waals surface area contributed by atoms with E-state index in [1.165, 1.54) is 24.5 Å². The molecule has 1 aromatic heterocycles. The average Bonchev–Trinajstić information content (AvgIpc) is 3.42. The Morgan fingerprint density at radius 2 is 1.96 bits per heavy atom. The lowest BCUT2D eigenvalue weighted by Gasteiger charge is -2.53. The number of halogens is 1. The van der Waals surface area contributed by atoms with E-state index in [2.05, 4.69) is 50.8 Å². The number of hydrogen-bond donors (Lipinski definition) is 1. The van der Waals surface area contributed by atoms with Gasteiger partial charge in [0, 0.05) is 63.9 Å². The zero-order valence-corrected chi connectivity index (χ0v) is 28.1. The number of methoxy groups -OCH3 is 1. The monoisotopic (exact) mass is 629 g/mol. The van der Waals surface area contributed by atoms with E-state index in [1.54, 1.807) is 12.0 Å². The van der Waals surface area contributed by atoms with E-state index in [4.69, 9.17) is 9.47 Å². The standard InChI is InChI=1S/C33H52FN7O4/c1-8-41(24(4)5)32(43)27-16-25(34)11-12-29(27)45-31-30(35-22-36-37-31)39-15-13-33(19-39)20-40(21-33)28(23(2)3)10-9-14-38(6)17-26(42)18-44-7/h11-12,16,22-24,26,28,42H,8-10,13-15,17-21H2,1-7H3/t26-,28+/m0/s1. The van der Waals surface area contributed by atoms with Gasteiger partial charge in [0.05, 0.1) is 18.3 Å². The highest BCUT2D eigenvalue weighted by Gasteiger charge is 2.50. The Bertz CT molecular complexity index is 1260. The van der Waals surface area contributed by atoms with Crippen LogP contribution in [0.25, 0.3) is 0 Å². The highest BCUT2D eigenvalue weighted by Crippen LogP contribution is 2.44. The zero-order chi connectivity index (χ0) is 32.7. The van der Waals surface area contributed by atoms with Crippen LogP contribution >= 0.6 is 0 Å². The first-order valence-electron chi connectivity index (χ1n) is 16.3. The molecule has 1 spiro atoms. The van der Waals surface area contributed by atoms with Crippen LogP contribution in [0.1, 0.15) is 64.2 Å². The Labute approximate surface area is 267 Å². The minimum absolute atomic E-state index is 0.0491. The summed E-state index contributed by atoms with van der Waals surface area (Å²) in [6, 6.07) is 4.42. The molecule has 0 saturated carbocycles. The van der Waals surface area contributed by atoms with Gasteiger partial charge in [-0.25, -0.2) is 9.37 Å². The molecule has 45 heavy (non-hydrogen) atoms. The summed E-state index contributed by atoms with van der Waals surface area (Å²) in [5.74, 6) is 0.752. The van der Waals surface area contributed by atoms with E-state index in [9.17, 15) is 14.3 Å². The predicted octanol–water partition coefficient (Wildman–Crippen LogP) is 3.93. The van der Waals surface area contributed by atoms with Gasteiger partial charge in [-0.15, -0.1) is 10.2 Å². The van der Waals surface area contributed by atoms with Gasteiger partial charge in [-0.1, -0.05) is 13.8 Å². The lowest BCUT2D eigenvalue weighted by Crippen LogP contribution is -2.62. The molecule has 0 aliphatic carbocycles. The number of ether oxygens (including phenoxy) is 2. The van der Waals surface area contributed by atoms with E-state index in [0.29, 0.717) is 37.5 Å². The molecule has 3 heterocycles. The van der Waals surface area contributed by atoms with E-state index in [-0.39, 0.29) is 34.6 Å². The minimum atomic E-state index is -0.508. The van der Waals surface area contributed by atoms with Crippen LogP contribution in [-0.2, 0) is 4.74 Å². The second-order valence-electron chi connectivity index (χ2n) is 13.4. The summed E-state index contributed by atoms with van der Waals surface area (Å²) in [5.41, 5.74) is 0.318. The van der Waals surface area contributed by atoms with Crippen LogP contribution in [0.2, 0.25) is 0 Å². The molecule has 2 aliphatic rings. The van der Waals surface area contributed by atoms with Crippen molar-refractivity contribution in [1.82, 2.24) is 29.9 Å². The maximum Gasteiger partial charge on any atom is 0.282 e. The fourth-order valence-electron chi connectivity index (χ4n) is 6.93. The Morgan fingerprint density at radius 3 is 2.62 bits per heavy atom. The lowest BCUT2D eigenvalue weighted by molar-refractivity contribution is -0.0347. The van der Waals surface area contributed by atoms with Crippen molar-refractivity contribution >= 4 is 11.7 Å². The molecule has 1 aromatic carbocycles. The third-order valence-corrected chi connectivity index (χ3v) is 9.15. The van der Waals surface area contributed by atoms with Crippen LogP contribution in [0, 0.1) is 17.2 Å². The number of rotatable bonds is 16. The van der Waals surface area contributed by atoms with Crippen LogP contribution in [0.5, 0.6) is 11.6 Å². The average molecular weight is 630 g/mol. The Hall–Kier alpha value is -2.93.